The van der Waals surface area contributed by atoms with Gasteiger partial charge in [0, 0.05) is 51.0 Å². The molecule has 1 atom stereocenters. The van der Waals surface area contributed by atoms with E-state index >= 15 is 0 Å². The van der Waals surface area contributed by atoms with Gasteiger partial charge >= 0.3 is 5.97 Å². The van der Waals surface area contributed by atoms with Crippen LogP contribution in [0.4, 0.5) is 5.69 Å². The second-order valence-corrected chi connectivity index (χ2v) is 9.72. The number of likely N-dealkylation sites (N-methyl/N-ethyl adjacent to an activating group) is 2. The number of carbonyl (C=O) groups excluding carboxylic acids is 1. The van der Waals surface area contributed by atoms with Crippen LogP contribution in [-0.4, -0.2) is 79.3 Å². The Balaban J connectivity index is 1.63. The van der Waals surface area contributed by atoms with Crippen molar-refractivity contribution in [2.24, 2.45) is 0 Å². The first kappa shape index (κ1) is 26.5. The average molecular weight is 482 g/mol. The number of benzene rings is 1. The van der Waals surface area contributed by atoms with Gasteiger partial charge in [0.05, 0.1) is 12.1 Å². The van der Waals surface area contributed by atoms with Crippen LogP contribution in [0, 0.1) is 0 Å². The number of anilines is 1. The minimum absolute atomic E-state index is 0.250. The van der Waals surface area contributed by atoms with Gasteiger partial charge in [-0.3, -0.25) is 4.79 Å². The minimum Gasteiger partial charge on any atom is -0.478 e. The molecule has 0 saturated heterocycles. The Labute approximate surface area is 209 Å². The quantitative estimate of drug-likeness (QED) is 0.421. The third-order valence-corrected chi connectivity index (χ3v) is 6.89. The number of aromatic carboxylic acids is 1. The Morgan fingerprint density at radius 3 is 2.54 bits per heavy atom. The van der Waals surface area contributed by atoms with Gasteiger partial charge in [-0.05, 0) is 62.6 Å². The minimum atomic E-state index is -0.948. The third kappa shape index (κ3) is 7.99. The summed E-state index contributed by atoms with van der Waals surface area (Å²) in [6.07, 6.45) is 15.9. The summed E-state index contributed by atoms with van der Waals surface area (Å²) in [6, 6.07) is 7.43. The van der Waals surface area contributed by atoms with Crippen LogP contribution in [0.15, 0.2) is 60.3 Å². The molecule has 190 valence electrons. The van der Waals surface area contributed by atoms with E-state index in [4.69, 9.17) is 9.84 Å². The first-order chi connectivity index (χ1) is 16.9. The maximum absolute atomic E-state index is 11.4. The van der Waals surface area contributed by atoms with Gasteiger partial charge in [-0.2, -0.15) is 0 Å². The number of allylic oxidation sites excluding steroid dienone is 3. The number of carboxylic acids is 1. The van der Waals surface area contributed by atoms with Crippen LogP contribution in [0.5, 0.6) is 0 Å². The van der Waals surface area contributed by atoms with Gasteiger partial charge < -0.3 is 24.5 Å². The molecule has 0 amide bonds. The SMILES string of the molecule is CCC(CCN(C)C/C1=C/N(C2CC2)C/C=C\C=C/C1)(CN(C)c1ccc(C(=O)O)cc1)OC=O. The first-order valence-corrected chi connectivity index (χ1v) is 12.5. The molecule has 1 fully saturated rings. The highest BCUT2D eigenvalue weighted by atomic mass is 16.5. The summed E-state index contributed by atoms with van der Waals surface area (Å²) in [7, 11) is 4.06. The maximum Gasteiger partial charge on any atom is 0.335 e. The van der Waals surface area contributed by atoms with Gasteiger partial charge in [0.25, 0.3) is 6.47 Å². The fourth-order valence-electron chi connectivity index (χ4n) is 4.52. The molecule has 0 bridgehead atoms. The molecule has 3 rings (SSSR count). The molecule has 1 saturated carbocycles. The van der Waals surface area contributed by atoms with Crippen LogP contribution in [0.25, 0.3) is 0 Å². The standard InChI is InChI=1S/C28H39N3O4/c1-4-28(35-22-32,21-30(3)25-12-10-24(11-13-25)27(33)34)16-18-29(2)19-23-9-7-5-6-8-17-31(20-23)26-14-15-26/h5-8,10-13,20,22,26H,4,9,14-19,21H2,1-3H3,(H,33,34)/b7-5-,8-6-,23-20+. The lowest BCUT2D eigenvalue weighted by Gasteiger charge is -2.37. The maximum atomic E-state index is 11.4. The molecule has 1 heterocycles. The molecular formula is C28H39N3O4. The van der Waals surface area contributed by atoms with Crippen molar-refractivity contribution < 1.29 is 19.4 Å². The molecule has 1 aromatic rings. The van der Waals surface area contributed by atoms with E-state index in [1.54, 1.807) is 24.3 Å². The van der Waals surface area contributed by atoms with Gasteiger partial charge in [0.2, 0.25) is 0 Å². The van der Waals surface area contributed by atoms with Crippen molar-refractivity contribution in [3.8, 4) is 0 Å². The first-order valence-electron chi connectivity index (χ1n) is 12.5. The van der Waals surface area contributed by atoms with E-state index in [1.165, 1.54) is 18.4 Å². The Kier molecular flexibility index (Phi) is 9.55. The molecule has 1 aromatic carbocycles. The van der Waals surface area contributed by atoms with E-state index in [0.717, 1.165) is 31.7 Å². The zero-order valence-corrected chi connectivity index (χ0v) is 21.2. The molecule has 7 heteroatoms. The van der Waals surface area contributed by atoms with Gasteiger partial charge in [0.15, 0.2) is 0 Å². The molecule has 1 unspecified atom stereocenters. The van der Waals surface area contributed by atoms with E-state index in [0.29, 0.717) is 31.9 Å². The van der Waals surface area contributed by atoms with E-state index in [1.807, 2.05) is 18.9 Å². The van der Waals surface area contributed by atoms with Gasteiger partial charge in [-0.1, -0.05) is 31.2 Å². The number of hydrogen-bond donors (Lipinski definition) is 1. The third-order valence-electron chi connectivity index (χ3n) is 6.89. The van der Waals surface area contributed by atoms with Crippen molar-refractivity contribution in [3.63, 3.8) is 0 Å². The largest absolute Gasteiger partial charge is 0.478 e. The smallest absolute Gasteiger partial charge is 0.335 e. The Morgan fingerprint density at radius 1 is 1.20 bits per heavy atom. The van der Waals surface area contributed by atoms with Crippen LogP contribution in [0.1, 0.15) is 49.4 Å². The van der Waals surface area contributed by atoms with Gasteiger partial charge in [-0.15, -0.1) is 0 Å². The van der Waals surface area contributed by atoms with E-state index in [2.05, 4.69) is 47.4 Å². The van der Waals surface area contributed by atoms with Gasteiger partial charge in [0.1, 0.15) is 5.60 Å². The number of carboxylic acid groups (broad SMARTS) is 1. The second kappa shape index (κ2) is 12.6. The van der Waals surface area contributed by atoms with Crippen molar-refractivity contribution in [2.75, 3.05) is 45.2 Å². The fourth-order valence-corrected chi connectivity index (χ4v) is 4.52. The van der Waals surface area contributed by atoms with Crippen LogP contribution in [0.3, 0.4) is 0 Å². The number of rotatable bonds is 13. The van der Waals surface area contributed by atoms with E-state index in [9.17, 15) is 9.59 Å². The molecule has 0 aromatic heterocycles. The van der Waals surface area contributed by atoms with Crippen molar-refractivity contribution in [3.05, 3.63) is 65.9 Å². The predicted octanol–water partition coefficient (Wildman–Crippen LogP) is 4.33. The highest BCUT2D eigenvalue weighted by molar-refractivity contribution is 5.88. The lowest BCUT2D eigenvalue weighted by atomic mass is 9.94. The summed E-state index contributed by atoms with van der Waals surface area (Å²) in [6.45, 7) is 5.72. The van der Waals surface area contributed by atoms with Crippen molar-refractivity contribution >= 4 is 18.1 Å². The van der Waals surface area contributed by atoms with Crippen molar-refractivity contribution in [1.29, 1.82) is 0 Å². The normalized spacial score (nSPS) is 21.0. The van der Waals surface area contributed by atoms with Crippen LogP contribution >= 0.6 is 0 Å². The zero-order valence-electron chi connectivity index (χ0n) is 21.2. The molecule has 1 aliphatic carbocycles. The highest BCUT2D eigenvalue weighted by Gasteiger charge is 2.32. The Bertz CT molecular complexity index is 936. The monoisotopic (exact) mass is 481 g/mol. The summed E-state index contributed by atoms with van der Waals surface area (Å²) in [4.78, 5) is 29.4. The lowest BCUT2D eigenvalue weighted by Crippen LogP contribution is -2.45. The molecule has 35 heavy (non-hydrogen) atoms. The summed E-state index contributed by atoms with van der Waals surface area (Å²) < 4.78 is 5.70. The number of hydrogen-bond acceptors (Lipinski definition) is 6. The molecule has 0 spiro atoms. The highest BCUT2D eigenvalue weighted by Crippen LogP contribution is 2.29. The predicted molar refractivity (Wildman–Crippen MR) is 140 cm³/mol. The molecule has 0 radical (unpaired) electrons. The van der Waals surface area contributed by atoms with Crippen LogP contribution in [0.2, 0.25) is 0 Å². The zero-order chi connectivity index (χ0) is 25.3. The molecule has 1 aliphatic heterocycles. The average Bonchev–Trinajstić information content (AvgIpc) is 3.68. The summed E-state index contributed by atoms with van der Waals surface area (Å²) >= 11 is 0. The number of carbonyl (C=O) groups is 2. The topological polar surface area (TPSA) is 73.3 Å². The second-order valence-electron chi connectivity index (χ2n) is 9.72. The van der Waals surface area contributed by atoms with Crippen molar-refractivity contribution in [2.45, 2.75) is 50.7 Å². The van der Waals surface area contributed by atoms with Gasteiger partial charge in [-0.25, -0.2) is 4.79 Å². The molecule has 7 nitrogen and oxygen atoms in total. The van der Waals surface area contributed by atoms with E-state index < -0.39 is 11.6 Å². The van der Waals surface area contributed by atoms with Crippen LogP contribution in [-0.2, 0) is 9.53 Å². The Morgan fingerprint density at radius 2 is 1.91 bits per heavy atom. The summed E-state index contributed by atoms with van der Waals surface area (Å²) in [5, 5.41) is 9.15. The molecular weight excluding hydrogens is 442 g/mol. The van der Waals surface area contributed by atoms with E-state index in [-0.39, 0.29) is 5.56 Å². The lowest BCUT2D eigenvalue weighted by molar-refractivity contribution is -0.144. The summed E-state index contributed by atoms with van der Waals surface area (Å²) in [5.74, 6) is -0.948. The van der Waals surface area contributed by atoms with Crippen molar-refractivity contribution in [1.82, 2.24) is 9.80 Å². The Hall–Kier alpha value is -3.06. The fraction of sp³-hybridized carbons (Fsp3) is 0.500. The molecule has 1 N–H and O–H groups in total. The molecule has 2 aliphatic rings. The number of nitrogens with zero attached hydrogens (tertiary/aromatic N) is 3. The van der Waals surface area contributed by atoms with Crippen LogP contribution < -0.4 is 4.90 Å². The summed E-state index contributed by atoms with van der Waals surface area (Å²) in [5.41, 5.74) is 1.88. The number of ether oxygens (including phenoxy) is 1.